The lowest BCUT2D eigenvalue weighted by Gasteiger charge is -2.27. The van der Waals surface area contributed by atoms with E-state index in [0.717, 1.165) is 24.5 Å². The molecule has 0 aliphatic carbocycles. The van der Waals surface area contributed by atoms with E-state index in [1.54, 1.807) is 14.1 Å². The van der Waals surface area contributed by atoms with Crippen LogP contribution < -0.4 is 16.0 Å². The molecule has 0 unspecified atom stereocenters. The molecule has 0 spiro atoms. The highest BCUT2D eigenvalue weighted by Crippen LogP contribution is 2.22. The first-order valence-corrected chi connectivity index (χ1v) is 9.74. The molecule has 2 aromatic rings. The summed E-state index contributed by atoms with van der Waals surface area (Å²) in [6, 6.07) is 16.4. The molecule has 0 aliphatic rings. The smallest absolute Gasteiger partial charge is 0.251 e. The second-order valence-corrected chi connectivity index (χ2v) is 7.49. The lowest BCUT2D eigenvalue weighted by atomic mass is 9.84. The van der Waals surface area contributed by atoms with E-state index in [-0.39, 0.29) is 11.3 Å². The monoisotopic (exact) mass is 380 g/mol. The maximum Gasteiger partial charge on any atom is 0.251 e. The molecule has 0 heterocycles. The molecule has 0 atom stereocenters. The Morgan fingerprint density at radius 1 is 0.964 bits per heavy atom. The van der Waals surface area contributed by atoms with Crippen molar-refractivity contribution in [3.8, 4) is 0 Å². The topological polar surface area (TPSA) is 65.5 Å². The van der Waals surface area contributed by atoms with E-state index in [1.807, 2.05) is 24.3 Å². The second kappa shape index (κ2) is 9.93. The van der Waals surface area contributed by atoms with Crippen LogP contribution >= 0.6 is 0 Å². The number of benzene rings is 2. The van der Waals surface area contributed by atoms with Gasteiger partial charge in [-0.15, -0.1) is 0 Å². The number of hydrogen-bond donors (Lipinski definition) is 3. The fourth-order valence-electron chi connectivity index (χ4n) is 2.92. The van der Waals surface area contributed by atoms with E-state index < -0.39 is 0 Å². The van der Waals surface area contributed by atoms with Crippen molar-refractivity contribution < 1.29 is 4.79 Å². The van der Waals surface area contributed by atoms with Gasteiger partial charge in [0.05, 0.1) is 0 Å². The van der Waals surface area contributed by atoms with E-state index in [4.69, 9.17) is 0 Å². The van der Waals surface area contributed by atoms with Crippen molar-refractivity contribution in [2.75, 3.05) is 20.6 Å². The van der Waals surface area contributed by atoms with Crippen LogP contribution in [0.2, 0.25) is 0 Å². The molecule has 28 heavy (non-hydrogen) atoms. The van der Waals surface area contributed by atoms with Crippen LogP contribution in [0.1, 0.15) is 47.8 Å². The van der Waals surface area contributed by atoms with Crippen LogP contribution in [-0.2, 0) is 18.4 Å². The van der Waals surface area contributed by atoms with Gasteiger partial charge in [-0.3, -0.25) is 9.79 Å². The zero-order chi connectivity index (χ0) is 20.6. The molecule has 0 saturated heterocycles. The number of aliphatic imine (C=N–C) groups is 1. The third-order valence-electron chi connectivity index (χ3n) is 4.97. The Hall–Kier alpha value is -2.82. The molecule has 0 aromatic heterocycles. The zero-order valence-electron chi connectivity index (χ0n) is 17.6. The summed E-state index contributed by atoms with van der Waals surface area (Å²) in [5.41, 5.74) is 4.39. The van der Waals surface area contributed by atoms with Crippen molar-refractivity contribution in [2.24, 2.45) is 4.99 Å². The predicted molar refractivity (Wildman–Crippen MR) is 117 cm³/mol. The maximum absolute atomic E-state index is 11.6. The standard InChI is InChI=1S/C23H32N4O/c1-6-17-9-13-20(14-10-17)23(2,3)16-27-22(25-5)26-15-18-7-11-19(12-8-18)21(28)24-4/h7-14H,6,15-16H2,1-5H3,(H,24,28)(H2,25,26,27). The first-order valence-electron chi connectivity index (χ1n) is 9.74. The number of carbonyl (C=O) groups is 1. The van der Waals surface area contributed by atoms with Gasteiger partial charge in [0, 0.05) is 38.2 Å². The Morgan fingerprint density at radius 2 is 1.57 bits per heavy atom. The molecule has 5 heteroatoms. The molecule has 0 aliphatic heterocycles. The fourth-order valence-corrected chi connectivity index (χ4v) is 2.92. The van der Waals surface area contributed by atoms with Gasteiger partial charge >= 0.3 is 0 Å². The Morgan fingerprint density at radius 3 is 2.11 bits per heavy atom. The van der Waals surface area contributed by atoms with Crippen molar-refractivity contribution >= 4 is 11.9 Å². The summed E-state index contributed by atoms with van der Waals surface area (Å²) in [6.45, 7) is 8.04. The van der Waals surface area contributed by atoms with Gasteiger partial charge in [-0.25, -0.2) is 0 Å². The lowest BCUT2D eigenvalue weighted by Crippen LogP contribution is -2.43. The van der Waals surface area contributed by atoms with Crippen LogP contribution in [0, 0.1) is 0 Å². The van der Waals surface area contributed by atoms with Crippen LogP contribution in [-0.4, -0.2) is 32.5 Å². The highest BCUT2D eigenvalue weighted by Gasteiger charge is 2.20. The van der Waals surface area contributed by atoms with Gasteiger partial charge in [0.1, 0.15) is 0 Å². The summed E-state index contributed by atoms with van der Waals surface area (Å²) in [5.74, 6) is 0.680. The number of nitrogens with one attached hydrogen (secondary N) is 3. The van der Waals surface area contributed by atoms with Crippen molar-refractivity contribution in [3.63, 3.8) is 0 Å². The largest absolute Gasteiger partial charge is 0.356 e. The molecular weight excluding hydrogens is 348 g/mol. The molecule has 1 amide bonds. The first-order chi connectivity index (χ1) is 13.4. The highest BCUT2D eigenvalue weighted by atomic mass is 16.1. The molecule has 0 fully saturated rings. The molecular formula is C23H32N4O. The van der Waals surface area contributed by atoms with Crippen LogP contribution in [0.5, 0.6) is 0 Å². The Kier molecular flexibility index (Phi) is 7.61. The SMILES string of the molecule is CCc1ccc(C(C)(C)CNC(=NC)NCc2ccc(C(=O)NC)cc2)cc1. The normalized spacial score (nSPS) is 11.8. The van der Waals surface area contributed by atoms with Gasteiger partial charge in [0.25, 0.3) is 5.91 Å². The summed E-state index contributed by atoms with van der Waals surface area (Å²) < 4.78 is 0. The first kappa shape index (κ1) is 21.5. The van der Waals surface area contributed by atoms with Gasteiger partial charge < -0.3 is 16.0 Å². The van der Waals surface area contributed by atoms with Crippen LogP contribution in [0.4, 0.5) is 0 Å². The van der Waals surface area contributed by atoms with E-state index >= 15 is 0 Å². The molecule has 0 radical (unpaired) electrons. The molecule has 5 nitrogen and oxygen atoms in total. The summed E-state index contributed by atoms with van der Waals surface area (Å²) >= 11 is 0. The number of hydrogen-bond acceptors (Lipinski definition) is 2. The van der Waals surface area contributed by atoms with Gasteiger partial charge in [-0.2, -0.15) is 0 Å². The Bertz CT molecular complexity index is 792. The molecule has 2 rings (SSSR count). The highest BCUT2D eigenvalue weighted by molar-refractivity contribution is 5.93. The minimum atomic E-state index is -0.0776. The number of nitrogens with zero attached hydrogens (tertiary/aromatic N) is 1. The van der Waals surface area contributed by atoms with E-state index in [1.165, 1.54) is 11.1 Å². The Labute approximate surface area is 168 Å². The summed E-state index contributed by atoms with van der Waals surface area (Å²) in [7, 11) is 3.40. The molecule has 3 N–H and O–H groups in total. The Balaban J connectivity index is 1.90. The van der Waals surface area contributed by atoms with E-state index in [9.17, 15) is 4.79 Å². The van der Waals surface area contributed by atoms with Gasteiger partial charge in [0.15, 0.2) is 5.96 Å². The van der Waals surface area contributed by atoms with Gasteiger partial charge in [-0.05, 0) is 35.2 Å². The van der Waals surface area contributed by atoms with Crippen molar-refractivity contribution in [3.05, 3.63) is 70.8 Å². The number of amides is 1. The number of carbonyl (C=O) groups excluding carboxylic acids is 1. The fraction of sp³-hybridized carbons (Fsp3) is 0.391. The van der Waals surface area contributed by atoms with Crippen LogP contribution in [0.25, 0.3) is 0 Å². The third kappa shape index (κ3) is 5.84. The average molecular weight is 381 g/mol. The van der Waals surface area contributed by atoms with Gasteiger partial charge in [0.2, 0.25) is 0 Å². The summed E-state index contributed by atoms with van der Waals surface area (Å²) in [5, 5.41) is 9.38. The van der Waals surface area contributed by atoms with Crippen molar-refractivity contribution in [2.45, 2.75) is 39.2 Å². The predicted octanol–water partition coefficient (Wildman–Crippen LogP) is 3.25. The zero-order valence-corrected chi connectivity index (χ0v) is 17.6. The number of guanidine groups is 1. The van der Waals surface area contributed by atoms with Crippen LogP contribution in [0.3, 0.4) is 0 Å². The third-order valence-corrected chi connectivity index (χ3v) is 4.97. The molecule has 2 aromatic carbocycles. The van der Waals surface area contributed by atoms with E-state index in [2.05, 4.69) is 66.0 Å². The average Bonchev–Trinajstić information content (AvgIpc) is 2.73. The van der Waals surface area contributed by atoms with Crippen molar-refractivity contribution in [1.82, 2.24) is 16.0 Å². The molecule has 0 bridgehead atoms. The molecule has 0 saturated carbocycles. The number of aryl methyl sites for hydroxylation is 1. The second-order valence-electron chi connectivity index (χ2n) is 7.49. The number of rotatable bonds is 7. The van der Waals surface area contributed by atoms with Gasteiger partial charge in [-0.1, -0.05) is 57.2 Å². The summed E-state index contributed by atoms with van der Waals surface area (Å²) in [6.07, 6.45) is 1.06. The minimum Gasteiger partial charge on any atom is -0.356 e. The lowest BCUT2D eigenvalue weighted by molar-refractivity contribution is 0.0963. The maximum atomic E-state index is 11.6. The van der Waals surface area contributed by atoms with Crippen molar-refractivity contribution in [1.29, 1.82) is 0 Å². The van der Waals surface area contributed by atoms with Crippen LogP contribution in [0.15, 0.2) is 53.5 Å². The van der Waals surface area contributed by atoms with E-state index in [0.29, 0.717) is 12.1 Å². The minimum absolute atomic E-state index is 0.0148. The summed E-state index contributed by atoms with van der Waals surface area (Å²) in [4.78, 5) is 15.9. The quantitative estimate of drug-likeness (QED) is 0.510. The molecule has 150 valence electrons.